The Bertz CT molecular complexity index is 663. The van der Waals surface area contributed by atoms with Crippen LogP contribution in [0.5, 0.6) is 0 Å². The van der Waals surface area contributed by atoms with Gasteiger partial charge in [-0.25, -0.2) is 5.98 Å². The van der Waals surface area contributed by atoms with Crippen molar-refractivity contribution in [2.45, 2.75) is 85.4 Å². The summed E-state index contributed by atoms with van der Waals surface area (Å²) >= 11 is 0. The molecule has 0 radical (unpaired) electrons. The van der Waals surface area contributed by atoms with E-state index in [1.165, 1.54) is 5.56 Å². The molecule has 1 aliphatic heterocycles. The van der Waals surface area contributed by atoms with Crippen molar-refractivity contribution in [3.05, 3.63) is 47.9 Å². The van der Waals surface area contributed by atoms with Gasteiger partial charge in [0.1, 0.15) is 0 Å². The predicted molar refractivity (Wildman–Crippen MR) is 111 cm³/mol. The average molecular weight is 338 g/mol. The molecular weight excluding hydrogens is 302 g/mol. The van der Waals surface area contributed by atoms with E-state index in [1.54, 1.807) is 0 Å². The van der Waals surface area contributed by atoms with Crippen molar-refractivity contribution in [3.63, 3.8) is 0 Å². The van der Waals surface area contributed by atoms with E-state index in [-0.39, 0.29) is 0 Å². The van der Waals surface area contributed by atoms with E-state index in [1.807, 2.05) is 0 Å². The lowest BCUT2D eigenvalue weighted by atomic mass is 9.27. The molecule has 0 fully saturated rings. The minimum Gasteiger partial charge on any atom is -0.519 e. The Balaban J connectivity index is 2.77. The standard InChI is InChI=1S/C21H36B2N2/c1-16(2)24(17(3)4)22-15-14-21(20-12-10-9-11-13-20)23(22)25(18(5)6)19(7)8/h9-19,21H,1-8H3. The molecule has 1 unspecified atom stereocenters. The Morgan fingerprint density at radius 2 is 1.20 bits per heavy atom. The fourth-order valence-electron chi connectivity index (χ4n) is 4.86. The Morgan fingerprint density at radius 1 is 0.720 bits per heavy atom. The zero-order valence-electron chi connectivity index (χ0n) is 17.5. The Hall–Kier alpha value is -1.31. The molecule has 1 atom stereocenters. The Labute approximate surface area is 155 Å². The van der Waals surface area contributed by atoms with Crippen molar-refractivity contribution in [1.29, 1.82) is 0 Å². The number of hydrogen-bond acceptors (Lipinski definition) is 0. The molecule has 0 aliphatic carbocycles. The molecule has 25 heavy (non-hydrogen) atoms. The van der Waals surface area contributed by atoms with E-state index >= 15 is 0 Å². The van der Waals surface area contributed by atoms with Crippen LogP contribution in [-0.4, -0.2) is 45.9 Å². The van der Waals surface area contributed by atoms with Gasteiger partial charge in [0.05, 0.1) is 37.0 Å². The highest BCUT2D eigenvalue weighted by Gasteiger charge is 2.25. The first-order valence-corrected chi connectivity index (χ1v) is 10.0. The molecule has 0 spiro atoms. The van der Waals surface area contributed by atoms with Gasteiger partial charge in [0, 0.05) is 0 Å². The van der Waals surface area contributed by atoms with Crippen LogP contribution in [0.2, 0.25) is 0 Å². The fraction of sp³-hybridized carbons (Fsp3) is 0.619. The van der Waals surface area contributed by atoms with Crippen LogP contribution >= 0.6 is 0 Å². The largest absolute Gasteiger partial charge is 0.519 e. The van der Waals surface area contributed by atoms with Gasteiger partial charge < -0.3 is 8.96 Å². The van der Waals surface area contributed by atoms with Gasteiger partial charge in [0.15, 0.2) is 0 Å². The van der Waals surface area contributed by atoms with E-state index in [0.29, 0.717) is 42.8 Å². The molecule has 4 heteroatoms. The summed E-state index contributed by atoms with van der Waals surface area (Å²) in [6.07, 6.45) is 3.39. The highest BCUT2D eigenvalue weighted by Crippen LogP contribution is 2.25. The number of nitrogens with zero attached hydrogens (tertiary/aromatic N) is 2. The molecule has 1 aromatic rings. The molecule has 2 nitrogen and oxygen atoms in total. The number of allylic oxidation sites excluding steroid dienone is 1. The van der Waals surface area contributed by atoms with E-state index in [9.17, 15) is 0 Å². The predicted octanol–water partition coefficient (Wildman–Crippen LogP) is 4.68. The van der Waals surface area contributed by atoms with Crippen molar-refractivity contribution in [2.24, 2.45) is 0 Å². The summed E-state index contributed by atoms with van der Waals surface area (Å²) in [6, 6.07) is 13.2. The molecule has 0 aromatic heterocycles. The summed E-state index contributed by atoms with van der Waals surface area (Å²) in [5.41, 5.74) is 1.44. The summed E-state index contributed by atoms with van der Waals surface area (Å²) in [5.74, 6) is 2.93. The fourth-order valence-corrected chi connectivity index (χ4v) is 4.86. The van der Waals surface area contributed by atoms with Crippen LogP contribution in [0.3, 0.4) is 0 Å². The van der Waals surface area contributed by atoms with Gasteiger partial charge >= 0.3 is 0 Å². The van der Waals surface area contributed by atoms with Crippen LogP contribution in [0, 0.1) is 0 Å². The highest BCUT2D eigenvalue weighted by atomic mass is 15.0. The van der Waals surface area contributed by atoms with Crippen molar-refractivity contribution in [3.8, 4) is 0 Å². The normalized spacial score (nSPS) is 17.5. The second kappa shape index (κ2) is 8.38. The second-order valence-electron chi connectivity index (χ2n) is 8.57. The molecule has 0 N–H and O–H groups in total. The topological polar surface area (TPSA) is 6.02 Å². The average Bonchev–Trinajstić information content (AvgIpc) is 2.91. The third-order valence-electron chi connectivity index (χ3n) is 5.49. The van der Waals surface area contributed by atoms with Crippen LogP contribution in [0.25, 0.3) is 0 Å². The molecule has 1 aliphatic rings. The number of hydrogen-bond donors (Lipinski definition) is 0. The number of rotatable bonds is 5. The minimum atomic E-state index is 0.454. The van der Waals surface area contributed by atoms with Crippen molar-refractivity contribution in [1.82, 2.24) is 0 Å². The molecule has 0 bridgehead atoms. The third-order valence-corrected chi connectivity index (χ3v) is 5.49. The van der Waals surface area contributed by atoms with Gasteiger partial charge in [-0.05, 0) is 55.4 Å². The van der Waals surface area contributed by atoms with Crippen molar-refractivity contribution >= 4 is 12.8 Å². The lowest BCUT2D eigenvalue weighted by molar-refractivity contribution is -0.587. The van der Waals surface area contributed by atoms with Crippen molar-refractivity contribution < 1.29 is 8.96 Å². The smallest absolute Gasteiger partial charge is 0.0906 e. The zero-order chi connectivity index (χ0) is 18.7. The summed E-state index contributed by atoms with van der Waals surface area (Å²) in [7, 11) is 0. The summed E-state index contributed by atoms with van der Waals surface area (Å²) < 4.78 is 5.40. The molecule has 1 heterocycles. The lowest BCUT2D eigenvalue weighted by Gasteiger charge is -2.36. The quantitative estimate of drug-likeness (QED) is 0.688. The summed E-state index contributed by atoms with van der Waals surface area (Å²) in [6.45, 7) is 18.7. The van der Waals surface area contributed by atoms with E-state index < -0.39 is 0 Å². The van der Waals surface area contributed by atoms with Gasteiger partial charge in [-0.2, -0.15) is 0 Å². The van der Waals surface area contributed by atoms with E-state index in [4.69, 9.17) is 0 Å². The monoisotopic (exact) mass is 338 g/mol. The van der Waals surface area contributed by atoms with E-state index in [0.717, 1.165) is 0 Å². The maximum Gasteiger partial charge on any atom is 0.0906 e. The van der Waals surface area contributed by atoms with Gasteiger partial charge in [0.25, 0.3) is 0 Å². The van der Waals surface area contributed by atoms with Crippen LogP contribution in [0.4, 0.5) is 0 Å². The van der Waals surface area contributed by atoms with Crippen LogP contribution < -0.4 is 0 Å². The SMILES string of the molecule is CC(C)[N+](=[B-]1C=CC(c2ccccc2)[B-]1=[N+](C(C)C)C(C)C)C(C)C. The molecular formula is C21H36B2N2. The molecule has 136 valence electrons. The second-order valence-corrected chi connectivity index (χ2v) is 8.57. The van der Waals surface area contributed by atoms with Gasteiger partial charge in [-0.3, -0.25) is 0 Å². The van der Waals surface area contributed by atoms with E-state index in [2.05, 4.69) is 107 Å². The zero-order valence-corrected chi connectivity index (χ0v) is 17.5. The molecule has 0 amide bonds. The molecule has 0 saturated heterocycles. The molecule has 0 saturated carbocycles. The minimum absolute atomic E-state index is 0.454. The maximum atomic E-state index is 2.72. The molecule has 1 aromatic carbocycles. The lowest BCUT2D eigenvalue weighted by Crippen LogP contribution is -2.46. The first kappa shape index (κ1) is 20.0. The maximum absolute atomic E-state index is 2.72. The van der Waals surface area contributed by atoms with Gasteiger partial charge in [-0.1, -0.05) is 35.9 Å². The first-order valence-electron chi connectivity index (χ1n) is 10.0. The summed E-state index contributed by atoms with van der Waals surface area (Å²) in [4.78, 5) is 0. The summed E-state index contributed by atoms with van der Waals surface area (Å²) in [5, 5.41) is 0. The molecule has 2 rings (SSSR count). The van der Waals surface area contributed by atoms with Crippen molar-refractivity contribution in [2.75, 3.05) is 0 Å². The van der Waals surface area contributed by atoms with Crippen LogP contribution in [-0.2, 0) is 0 Å². The van der Waals surface area contributed by atoms with Crippen LogP contribution in [0.15, 0.2) is 42.4 Å². The van der Waals surface area contributed by atoms with Gasteiger partial charge in [0.2, 0.25) is 0 Å². The highest BCUT2D eigenvalue weighted by molar-refractivity contribution is 7.12. The third kappa shape index (κ3) is 4.27. The Kier molecular flexibility index (Phi) is 6.71. The van der Waals surface area contributed by atoms with Gasteiger partial charge in [-0.15, -0.1) is 11.9 Å². The number of benzene rings is 1. The van der Waals surface area contributed by atoms with Crippen LogP contribution in [0.1, 0.15) is 66.8 Å². The Morgan fingerprint density at radius 3 is 1.64 bits per heavy atom. The first-order chi connectivity index (χ1) is 11.8.